The Balaban J connectivity index is 1.67. The Morgan fingerprint density at radius 1 is 1.18 bits per heavy atom. The number of nitrogens with one attached hydrogen (secondary N) is 1. The van der Waals surface area contributed by atoms with Crippen LogP contribution in [0.3, 0.4) is 0 Å². The highest BCUT2D eigenvalue weighted by atomic mass is 16.2. The number of carbonyl (C=O) groups excluding carboxylic acids is 1. The van der Waals surface area contributed by atoms with Gasteiger partial charge in [-0.05, 0) is 44.7 Å². The quantitative estimate of drug-likeness (QED) is 0.943. The highest BCUT2D eigenvalue weighted by Gasteiger charge is 2.35. The molecule has 2 aliphatic rings. The Morgan fingerprint density at radius 2 is 1.91 bits per heavy atom. The molecule has 1 amide bonds. The molecular weight excluding hydrogens is 276 g/mol. The summed E-state index contributed by atoms with van der Waals surface area (Å²) in [6.45, 7) is 2.85. The summed E-state index contributed by atoms with van der Waals surface area (Å²) >= 11 is 0. The molecule has 1 atom stereocenters. The summed E-state index contributed by atoms with van der Waals surface area (Å²) in [7, 11) is 0. The lowest BCUT2D eigenvalue weighted by atomic mass is 10.2. The van der Waals surface area contributed by atoms with E-state index in [1.165, 1.54) is 0 Å². The number of fused-ring (bicyclic) bond motifs is 1. The van der Waals surface area contributed by atoms with Crippen LogP contribution in [0, 0.1) is 6.92 Å². The first kappa shape index (κ1) is 13.5. The summed E-state index contributed by atoms with van der Waals surface area (Å²) in [6.07, 6.45) is 4.16. The molecule has 2 fully saturated rings. The van der Waals surface area contributed by atoms with Crippen LogP contribution in [0.2, 0.25) is 0 Å². The SMILES string of the molecule is Cc1nc2ccccc2nc1N1CCC[C@@H]1C(=O)NC1CC1. The van der Waals surface area contributed by atoms with Gasteiger partial charge in [0.05, 0.1) is 16.7 Å². The van der Waals surface area contributed by atoms with Crippen LogP contribution in [0.1, 0.15) is 31.4 Å². The molecule has 4 rings (SSSR count). The molecule has 1 aliphatic carbocycles. The Kier molecular flexibility index (Phi) is 3.21. The second-order valence-electron chi connectivity index (χ2n) is 6.26. The number of amides is 1. The fourth-order valence-corrected chi connectivity index (χ4v) is 3.17. The molecule has 2 heterocycles. The molecular formula is C17H20N4O. The summed E-state index contributed by atoms with van der Waals surface area (Å²) in [5.41, 5.74) is 2.68. The predicted octanol–water partition coefficient (Wildman–Crippen LogP) is 2.19. The Hall–Kier alpha value is -2.17. The number of para-hydroxylation sites is 2. The lowest BCUT2D eigenvalue weighted by molar-refractivity contribution is -0.122. The van der Waals surface area contributed by atoms with Gasteiger partial charge in [0, 0.05) is 12.6 Å². The van der Waals surface area contributed by atoms with Crippen LogP contribution < -0.4 is 10.2 Å². The normalized spacial score (nSPS) is 21.3. The summed E-state index contributed by atoms with van der Waals surface area (Å²) in [4.78, 5) is 24.0. The van der Waals surface area contributed by atoms with Gasteiger partial charge in [-0.2, -0.15) is 0 Å². The van der Waals surface area contributed by atoms with E-state index in [2.05, 4.69) is 15.2 Å². The van der Waals surface area contributed by atoms with Crippen LogP contribution in [0.25, 0.3) is 11.0 Å². The molecule has 2 aromatic rings. The van der Waals surface area contributed by atoms with E-state index in [1.807, 2.05) is 31.2 Å². The van der Waals surface area contributed by atoms with Gasteiger partial charge in [-0.1, -0.05) is 12.1 Å². The van der Waals surface area contributed by atoms with Crippen LogP contribution in [0.15, 0.2) is 24.3 Å². The fraction of sp³-hybridized carbons (Fsp3) is 0.471. The average Bonchev–Trinajstić information content (AvgIpc) is 3.19. The number of hydrogen-bond acceptors (Lipinski definition) is 4. The molecule has 114 valence electrons. The van der Waals surface area contributed by atoms with E-state index >= 15 is 0 Å². The van der Waals surface area contributed by atoms with Gasteiger partial charge in [0.25, 0.3) is 0 Å². The Labute approximate surface area is 129 Å². The summed E-state index contributed by atoms with van der Waals surface area (Å²) in [6, 6.07) is 8.18. The Morgan fingerprint density at radius 3 is 2.64 bits per heavy atom. The zero-order valence-electron chi connectivity index (χ0n) is 12.7. The standard InChI is InChI=1S/C17H20N4O/c1-11-16(20-14-6-3-2-5-13(14)18-11)21-10-4-7-15(21)17(22)19-12-8-9-12/h2-3,5-6,12,15H,4,7-10H2,1H3,(H,19,22)/t15-/m1/s1. The van der Waals surface area contributed by atoms with Gasteiger partial charge >= 0.3 is 0 Å². The van der Waals surface area contributed by atoms with Crippen molar-refractivity contribution >= 4 is 22.8 Å². The van der Waals surface area contributed by atoms with Crippen molar-refractivity contribution in [1.82, 2.24) is 15.3 Å². The van der Waals surface area contributed by atoms with Crippen molar-refractivity contribution in [3.63, 3.8) is 0 Å². The third kappa shape index (κ3) is 2.40. The maximum absolute atomic E-state index is 12.5. The first-order valence-corrected chi connectivity index (χ1v) is 8.03. The van der Waals surface area contributed by atoms with Crippen LogP contribution in [-0.4, -0.2) is 34.5 Å². The maximum Gasteiger partial charge on any atom is 0.242 e. The minimum Gasteiger partial charge on any atom is -0.352 e. The number of aryl methyl sites for hydroxylation is 1. The molecule has 1 aromatic carbocycles. The lowest BCUT2D eigenvalue weighted by Crippen LogP contribution is -2.44. The van der Waals surface area contributed by atoms with Gasteiger partial charge in [0.1, 0.15) is 6.04 Å². The number of carbonyl (C=O) groups is 1. The van der Waals surface area contributed by atoms with Crippen molar-refractivity contribution in [2.24, 2.45) is 0 Å². The number of aromatic nitrogens is 2. The maximum atomic E-state index is 12.5. The van der Waals surface area contributed by atoms with Gasteiger partial charge in [-0.25, -0.2) is 9.97 Å². The monoisotopic (exact) mass is 296 g/mol. The van der Waals surface area contributed by atoms with Crippen LogP contribution in [0.5, 0.6) is 0 Å². The van der Waals surface area contributed by atoms with E-state index in [1.54, 1.807) is 0 Å². The lowest BCUT2D eigenvalue weighted by Gasteiger charge is -2.26. The molecule has 1 aliphatic heterocycles. The fourth-order valence-electron chi connectivity index (χ4n) is 3.17. The third-order valence-corrected chi connectivity index (χ3v) is 4.47. The van der Waals surface area contributed by atoms with E-state index in [0.29, 0.717) is 6.04 Å². The highest BCUT2D eigenvalue weighted by molar-refractivity contribution is 5.87. The molecule has 0 unspecified atom stereocenters. The molecule has 0 bridgehead atoms. The number of rotatable bonds is 3. The first-order chi connectivity index (χ1) is 10.7. The van der Waals surface area contributed by atoms with Crippen molar-refractivity contribution in [2.45, 2.75) is 44.7 Å². The Bertz CT molecular complexity index is 726. The number of nitrogens with zero attached hydrogens (tertiary/aromatic N) is 3. The van der Waals surface area contributed by atoms with E-state index in [0.717, 1.165) is 54.8 Å². The predicted molar refractivity (Wildman–Crippen MR) is 85.8 cm³/mol. The van der Waals surface area contributed by atoms with E-state index in [9.17, 15) is 4.79 Å². The van der Waals surface area contributed by atoms with Gasteiger partial charge < -0.3 is 10.2 Å². The molecule has 1 aromatic heterocycles. The smallest absolute Gasteiger partial charge is 0.242 e. The second-order valence-corrected chi connectivity index (χ2v) is 6.26. The summed E-state index contributed by atoms with van der Waals surface area (Å²) < 4.78 is 0. The highest BCUT2D eigenvalue weighted by Crippen LogP contribution is 2.28. The molecule has 1 N–H and O–H groups in total. The van der Waals surface area contributed by atoms with Gasteiger partial charge in [-0.15, -0.1) is 0 Å². The van der Waals surface area contributed by atoms with Gasteiger partial charge in [0.2, 0.25) is 5.91 Å². The van der Waals surface area contributed by atoms with E-state index < -0.39 is 0 Å². The minimum absolute atomic E-state index is 0.102. The third-order valence-electron chi connectivity index (χ3n) is 4.47. The van der Waals surface area contributed by atoms with Crippen molar-refractivity contribution in [1.29, 1.82) is 0 Å². The zero-order chi connectivity index (χ0) is 15.1. The molecule has 22 heavy (non-hydrogen) atoms. The molecule has 5 heteroatoms. The molecule has 5 nitrogen and oxygen atoms in total. The van der Waals surface area contributed by atoms with Gasteiger partial charge in [-0.3, -0.25) is 4.79 Å². The van der Waals surface area contributed by atoms with Crippen molar-refractivity contribution in [3.8, 4) is 0 Å². The molecule has 1 saturated heterocycles. The first-order valence-electron chi connectivity index (χ1n) is 8.03. The summed E-state index contributed by atoms with van der Waals surface area (Å²) in [5.74, 6) is 1.00. The van der Waals surface area contributed by atoms with Crippen LogP contribution in [-0.2, 0) is 4.79 Å². The topological polar surface area (TPSA) is 58.1 Å². The molecule has 0 spiro atoms. The number of benzene rings is 1. The number of hydrogen-bond donors (Lipinski definition) is 1. The van der Waals surface area contributed by atoms with Crippen LogP contribution in [0.4, 0.5) is 5.82 Å². The average molecular weight is 296 g/mol. The zero-order valence-corrected chi connectivity index (χ0v) is 12.7. The van der Waals surface area contributed by atoms with Gasteiger partial charge in [0.15, 0.2) is 5.82 Å². The van der Waals surface area contributed by atoms with Crippen molar-refractivity contribution in [3.05, 3.63) is 30.0 Å². The largest absolute Gasteiger partial charge is 0.352 e. The second kappa shape index (κ2) is 5.23. The van der Waals surface area contributed by atoms with Crippen LogP contribution >= 0.6 is 0 Å². The van der Waals surface area contributed by atoms with Crippen molar-refractivity contribution < 1.29 is 4.79 Å². The summed E-state index contributed by atoms with van der Waals surface area (Å²) in [5, 5.41) is 3.12. The van der Waals surface area contributed by atoms with Crippen molar-refractivity contribution in [2.75, 3.05) is 11.4 Å². The molecule has 0 radical (unpaired) electrons. The van der Waals surface area contributed by atoms with E-state index in [-0.39, 0.29) is 11.9 Å². The number of anilines is 1. The minimum atomic E-state index is -0.102. The molecule has 1 saturated carbocycles. The van der Waals surface area contributed by atoms with E-state index in [4.69, 9.17) is 4.98 Å².